The normalized spacial score (nSPS) is 54.8. The second-order valence-corrected chi connectivity index (χ2v) is 6.30. The largest absolute Gasteiger partial charge is 0.387 e. The minimum Gasteiger partial charge on any atom is -0.387 e. The van der Waals surface area contributed by atoms with Crippen LogP contribution in [0.5, 0.6) is 0 Å². The fourth-order valence-electron chi connectivity index (χ4n) is 4.06. The molecule has 0 radical (unpaired) electrons. The smallest absolute Gasteiger partial charge is 0.163 e. The molecule has 3 nitrogen and oxygen atoms in total. The Morgan fingerprint density at radius 1 is 1.25 bits per heavy atom. The van der Waals surface area contributed by atoms with Gasteiger partial charge in [0.1, 0.15) is 6.10 Å². The summed E-state index contributed by atoms with van der Waals surface area (Å²) >= 11 is 0. The average Bonchev–Trinajstić information content (AvgIpc) is 2.60. The molecule has 1 heterocycles. The summed E-state index contributed by atoms with van der Waals surface area (Å²) < 4.78 is 11.8. The van der Waals surface area contributed by atoms with E-state index >= 15 is 0 Å². The van der Waals surface area contributed by atoms with E-state index in [1.54, 1.807) is 0 Å². The van der Waals surface area contributed by atoms with Crippen molar-refractivity contribution in [3.8, 4) is 0 Å². The zero-order valence-corrected chi connectivity index (χ0v) is 10.4. The molecule has 3 rings (SSSR count). The van der Waals surface area contributed by atoms with Gasteiger partial charge in [0.2, 0.25) is 0 Å². The highest BCUT2D eigenvalue weighted by Crippen LogP contribution is 2.54. The predicted octanol–water partition coefficient (Wildman–Crippen LogP) is 2.08. The quantitative estimate of drug-likeness (QED) is 0.687. The van der Waals surface area contributed by atoms with Crippen molar-refractivity contribution in [1.82, 2.24) is 0 Å². The van der Waals surface area contributed by atoms with E-state index in [2.05, 4.69) is 6.92 Å². The van der Waals surface area contributed by atoms with Crippen LogP contribution in [0.15, 0.2) is 0 Å². The lowest BCUT2D eigenvalue weighted by atomic mass is 9.71. The van der Waals surface area contributed by atoms with Crippen molar-refractivity contribution in [3.05, 3.63) is 0 Å². The maximum atomic E-state index is 10.9. The van der Waals surface area contributed by atoms with E-state index in [0.717, 1.165) is 19.3 Å². The van der Waals surface area contributed by atoms with Crippen molar-refractivity contribution in [2.24, 2.45) is 11.8 Å². The lowest BCUT2D eigenvalue weighted by Crippen LogP contribution is -2.50. The van der Waals surface area contributed by atoms with E-state index in [9.17, 15) is 5.11 Å². The Labute approximate surface area is 97.1 Å². The monoisotopic (exact) mass is 226 g/mol. The number of ether oxygens (including phenoxy) is 2. The van der Waals surface area contributed by atoms with Gasteiger partial charge >= 0.3 is 0 Å². The highest BCUT2D eigenvalue weighted by atomic mass is 16.8. The van der Waals surface area contributed by atoms with Crippen LogP contribution in [-0.2, 0) is 9.47 Å². The molecule has 2 saturated carbocycles. The van der Waals surface area contributed by atoms with Crippen LogP contribution >= 0.6 is 0 Å². The van der Waals surface area contributed by atoms with Crippen LogP contribution in [0.25, 0.3) is 0 Å². The van der Waals surface area contributed by atoms with Crippen LogP contribution < -0.4 is 0 Å². The van der Waals surface area contributed by atoms with E-state index in [1.165, 1.54) is 6.42 Å². The topological polar surface area (TPSA) is 38.7 Å². The Morgan fingerprint density at radius 3 is 2.75 bits per heavy atom. The Morgan fingerprint density at radius 2 is 2.00 bits per heavy atom. The van der Waals surface area contributed by atoms with Crippen LogP contribution in [-0.4, -0.2) is 28.7 Å². The van der Waals surface area contributed by atoms with E-state index in [0.29, 0.717) is 11.8 Å². The summed E-state index contributed by atoms with van der Waals surface area (Å²) in [7, 11) is 0. The standard InChI is InChI=1S/C13H22O3/c1-8-5-4-6-13(14)9(8)7-10-11(13)16-12(2,3)15-10/h8-11,14H,4-7H2,1-3H3/t8-,9-,10-,11-,13-/m0/s1. The number of fused-ring (bicyclic) bond motifs is 3. The SMILES string of the molecule is C[C@H]1CCC[C@]2(O)[C@H]1C[C@@H]1OC(C)(C)O[C@@H]12. The molecule has 0 unspecified atom stereocenters. The second kappa shape index (κ2) is 3.21. The molecule has 3 aliphatic rings. The zero-order chi connectivity index (χ0) is 11.6. The molecule has 92 valence electrons. The van der Waals surface area contributed by atoms with Gasteiger partial charge in [-0.1, -0.05) is 19.8 Å². The van der Waals surface area contributed by atoms with Crippen LogP contribution in [0.3, 0.4) is 0 Å². The maximum absolute atomic E-state index is 10.9. The molecular weight excluding hydrogens is 204 g/mol. The van der Waals surface area contributed by atoms with Crippen molar-refractivity contribution in [2.45, 2.75) is 70.1 Å². The molecular formula is C13H22O3. The van der Waals surface area contributed by atoms with Crippen LogP contribution in [0.1, 0.15) is 46.5 Å². The number of hydrogen-bond donors (Lipinski definition) is 1. The minimum atomic E-state index is -0.629. The van der Waals surface area contributed by atoms with Crippen molar-refractivity contribution in [3.63, 3.8) is 0 Å². The summed E-state index contributed by atoms with van der Waals surface area (Å²) in [4.78, 5) is 0. The highest BCUT2D eigenvalue weighted by Gasteiger charge is 2.62. The number of aliphatic hydroxyl groups is 1. The molecule has 0 aromatic rings. The van der Waals surface area contributed by atoms with Gasteiger partial charge in [-0.15, -0.1) is 0 Å². The van der Waals surface area contributed by atoms with Crippen LogP contribution in [0, 0.1) is 11.8 Å². The van der Waals surface area contributed by atoms with E-state index < -0.39 is 11.4 Å². The predicted molar refractivity (Wildman–Crippen MR) is 59.9 cm³/mol. The number of rotatable bonds is 0. The summed E-state index contributed by atoms with van der Waals surface area (Å²) in [6.07, 6.45) is 4.19. The molecule has 2 aliphatic carbocycles. The molecule has 0 bridgehead atoms. The molecule has 0 aromatic carbocycles. The van der Waals surface area contributed by atoms with Crippen LogP contribution in [0.4, 0.5) is 0 Å². The van der Waals surface area contributed by atoms with Gasteiger partial charge in [-0.25, -0.2) is 0 Å². The minimum absolute atomic E-state index is 0.102. The van der Waals surface area contributed by atoms with E-state index in [1.807, 2.05) is 13.8 Å². The third kappa shape index (κ3) is 1.38. The first-order valence-corrected chi connectivity index (χ1v) is 6.50. The van der Waals surface area contributed by atoms with Gasteiger partial charge in [0.05, 0.1) is 11.7 Å². The summed E-state index contributed by atoms with van der Waals surface area (Å²) in [6.45, 7) is 6.13. The van der Waals surface area contributed by atoms with Crippen molar-refractivity contribution >= 4 is 0 Å². The van der Waals surface area contributed by atoms with E-state index in [4.69, 9.17) is 9.47 Å². The fourth-order valence-corrected chi connectivity index (χ4v) is 4.06. The first-order chi connectivity index (χ1) is 7.42. The lowest BCUT2D eigenvalue weighted by Gasteiger charge is -2.42. The third-order valence-electron chi connectivity index (χ3n) is 4.73. The Hall–Kier alpha value is -0.120. The first-order valence-electron chi connectivity index (χ1n) is 6.50. The maximum Gasteiger partial charge on any atom is 0.163 e. The van der Waals surface area contributed by atoms with Gasteiger partial charge in [-0.05, 0) is 38.5 Å². The summed E-state index contributed by atoms with van der Waals surface area (Å²) in [5.74, 6) is 0.448. The first kappa shape index (κ1) is 11.0. The highest BCUT2D eigenvalue weighted by molar-refractivity contribution is 5.10. The average molecular weight is 226 g/mol. The molecule has 0 aromatic heterocycles. The van der Waals surface area contributed by atoms with Gasteiger partial charge in [0.25, 0.3) is 0 Å². The van der Waals surface area contributed by atoms with Gasteiger partial charge in [0.15, 0.2) is 5.79 Å². The zero-order valence-electron chi connectivity index (χ0n) is 10.4. The second-order valence-electron chi connectivity index (χ2n) is 6.30. The van der Waals surface area contributed by atoms with Crippen molar-refractivity contribution in [2.75, 3.05) is 0 Å². The molecule has 3 heteroatoms. The van der Waals surface area contributed by atoms with Gasteiger partial charge in [0, 0.05) is 0 Å². The summed E-state index contributed by atoms with van der Waals surface area (Å²) in [5.41, 5.74) is -0.629. The summed E-state index contributed by atoms with van der Waals surface area (Å²) in [5, 5.41) is 10.9. The third-order valence-corrected chi connectivity index (χ3v) is 4.73. The molecule has 1 saturated heterocycles. The molecule has 16 heavy (non-hydrogen) atoms. The molecule has 5 atom stereocenters. The van der Waals surface area contributed by atoms with Gasteiger partial charge < -0.3 is 14.6 Å². The Kier molecular flexibility index (Phi) is 2.21. The van der Waals surface area contributed by atoms with Crippen molar-refractivity contribution < 1.29 is 14.6 Å². The van der Waals surface area contributed by atoms with E-state index in [-0.39, 0.29) is 12.2 Å². The Balaban J connectivity index is 1.89. The van der Waals surface area contributed by atoms with Crippen LogP contribution in [0.2, 0.25) is 0 Å². The molecule has 0 spiro atoms. The molecule has 1 aliphatic heterocycles. The lowest BCUT2D eigenvalue weighted by molar-refractivity contribution is -0.199. The Bertz CT molecular complexity index is 302. The van der Waals surface area contributed by atoms with Gasteiger partial charge in [-0.2, -0.15) is 0 Å². The molecule has 1 N–H and O–H groups in total. The molecule has 3 fully saturated rings. The fraction of sp³-hybridized carbons (Fsp3) is 1.00. The number of hydrogen-bond acceptors (Lipinski definition) is 3. The molecule has 0 amide bonds. The van der Waals surface area contributed by atoms with Crippen molar-refractivity contribution in [1.29, 1.82) is 0 Å². The van der Waals surface area contributed by atoms with Gasteiger partial charge in [-0.3, -0.25) is 0 Å². The summed E-state index contributed by atoms with van der Waals surface area (Å²) in [6, 6.07) is 0.